The summed E-state index contributed by atoms with van der Waals surface area (Å²) in [5.74, 6) is 0.620. The van der Waals surface area contributed by atoms with Crippen molar-refractivity contribution in [1.82, 2.24) is 9.80 Å². The zero-order valence-corrected chi connectivity index (χ0v) is 12.1. The van der Waals surface area contributed by atoms with Crippen LogP contribution in [0, 0.1) is 0 Å². The molecular weight excluding hydrogens is 228 g/mol. The molecule has 0 heterocycles. The molecule has 4 heteroatoms. The van der Waals surface area contributed by atoms with Gasteiger partial charge in [-0.3, -0.25) is 0 Å². The van der Waals surface area contributed by atoms with Crippen molar-refractivity contribution in [2.75, 3.05) is 54.6 Å². The Labute approximate surface area is 111 Å². The maximum Gasteiger partial charge on any atom is 0.112 e. The molecule has 18 heavy (non-hydrogen) atoms. The second kappa shape index (κ2) is 9.74. The Hall–Kier alpha value is -1.26. The zero-order valence-electron chi connectivity index (χ0n) is 12.1. The molecule has 0 spiro atoms. The van der Waals surface area contributed by atoms with Gasteiger partial charge in [0.05, 0.1) is 6.61 Å². The van der Waals surface area contributed by atoms with Crippen LogP contribution < -0.4 is 0 Å². The second-order valence-electron chi connectivity index (χ2n) is 4.36. The Morgan fingerprint density at radius 3 is 2.28 bits per heavy atom. The summed E-state index contributed by atoms with van der Waals surface area (Å²) in [5, 5.41) is 0. The highest BCUT2D eigenvalue weighted by molar-refractivity contribution is 5.20. The van der Waals surface area contributed by atoms with Gasteiger partial charge < -0.3 is 19.3 Å². The average molecular weight is 254 g/mol. The van der Waals surface area contributed by atoms with E-state index in [0.717, 1.165) is 18.8 Å². The third-order valence-corrected chi connectivity index (χ3v) is 2.41. The van der Waals surface area contributed by atoms with E-state index < -0.39 is 0 Å². The molecular formula is C14H26N2O2. The highest BCUT2D eigenvalue weighted by Gasteiger charge is 1.99. The minimum Gasteiger partial charge on any atom is -0.492 e. The summed E-state index contributed by atoms with van der Waals surface area (Å²) in [6.45, 7) is 10.8. The van der Waals surface area contributed by atoms with Gasteiger partial charge in [0.2, 0.25) is 0 Å². The van der Waals surface area contributed by atoms with Crippen molar-refractivity contribution in [3.05, 3.63) is 36.8 Å². The molecule has 0 rings (SSSR count). The fourth-order valence-corrected chi connectivity index (χ4v) is 1.11. The average Bonchev–Trinajstić information content (AvgIpc) is 2.33. The highest BCUT2D eigenvalue weighted by atomic mass is 16.5. The van der Waals surface area contributed by atoms with Gasteiger partial charge in [-0.05, 0) is 26.2 Å². The van der Waals surface area contributed by atoms with E-state index in [4.69, 9.17) is 9.47 Å². The fourth-order valence-electron chi connectivity index (χ4n) is 1.11. The third kappa shape index (κ3) is 8.84. The van der Waals surface area contributed by atoms with Crippen LogP contribution in [0.5, 0.6) is 0 Å². The van der Waals surface area contributed by atoms with Crippen LogP contribution in [0.1, 0.15) is 0 Å². The van der Waals surface area contributed by atoms with Crippen molar-refractivity contribution in [3.63, 3.8) is 0 Å². The van der Waals surface area contributed by atoms with Crippen molar-refractivity contribution >= 4 is 0 Å². The lowest BCUT2D eigenvalue weighted by atomic mass is 10.3. The molecule has 104 valence electrons. The first-order chi connectivity index (χ1) is 8.47. The van der Waals surface area contributed by atoms with E-state index in [-0.39, 0.29) is 0 Å². The Bertz CT molecular complexity index is 286. The molecule has 0 atom stereocenters. The Morgan fingerprint density at radius 2 is 1.72 bits per heavy atom. The molecule has 0 fully saturated rings. The SMILES string of the molecule is C=C(/C=C\C(=C)N(C)CCN(C)C)OCCOC. The van der Waals surface area contributed by atoms with Crippen molar-refractivity contribution < 1.29 is 9.47 Å². The summed E-state index contributed by atoms with van der Waals surface area (Å²) in [5.41, 5.74) is 0.938. The maximum atomic E-state index is 5.34. The Kier molecular flexibility index (Phi) is 9.06. The normalized spacial score (nSPS) is 10.9. The van der Waals surface area contributed by atoms with E-state index >= 15 is 0 Å². The van der Waals surface area contributed by atoms with Crippen molar-refractivity contribution in [2.45, 2.75) is 0 Å². The van der Waals surface area contributed by atoms with Crippen LogP contribution in [0.15, 0.2) is 36.8 Å². The molecule has 0 aromatic heterocycles. The van der Waals surface area contributed by atoms with E-state index in [2.05, 4.69) is 37.1 Å². The van der Waals surface area contributed by atoms with Crippen molar-refractivity contribution in [3.8, 4) is 0 Å². The summed E-state index contributed by atoms with van der Waals surface area (Å²) < 4.78 is 10.2. The van der Waals surface area contributed by atoms with Crippen LogP contribution in [0.25, 0.3) is 0 Å². The first kappa shape index (κ1) is 16.7. The van der Waals surface area contributed by atoms with Gasteiger partial charge in [0.25, 0.3) is 0 Å². The number of allylic oxidation sites excluding steroid dienone is 2. The predicted octanol–water partition coefficient (Wildman–Crippen LogP) is 1.73. The van der Waals surface area contributed by atoms with Gasteiger partial charge in [-0.25, -0.2) is 0 Å². The molecule has 0 aromatic carbocycles. The smallest absolute Gasteiger partial charge is 0.112 e. The molecule has 0 aliphatic rings. The van der Waals surface area contributed by atoms with Crippen LogP contribution in [0.3, 0.4) is 0 Å². The maximum absolute atomic E-state index is 5.34. The molecule has 0 unspecified atom stereocenters. The van der Waals surface area contributed by atoms with Gasteiger partial charge in [-0.15, -0.1) is 0 Å². The Balaban J connectivity index is 3.94. The topological polar surface area (TPSA) is 24.9 Å². The predicted molar refractivity (Wildman–Crippen MR) is 76.4 cm³/mol. The lowest BCUT2D eigenvalue weighted by Gasteiger charge is -2.21. The molecule has 0 N–H and O–H groups in total. The summed E-state index contributed by atoms with van der Waals surface area (Å²) in [7, 11) is 7.77. The van der Waals surface area contributed by atoms with Gasteiger partial charge in [0.1, 0.15) is 12.4 Å². The number of methoxy groups -OCH3 is 1. The van der Waals surface area contributed by atoms with Crippen LogP contribution in [0.2, 0.25) is 0 Å². The summed E-state index contributed by atoms with van der Waals surface area (Å²) >= 11 is 0. The lowest BCUT2D eigenvalue weighted by Crippen LogP contribution is -2.27. The standard InChI is InChI=1S/C14H26N2O2/c1-13(16(5)10-9-15(3)4)7-8-14(2)18-12-11-17-6/h7-8H,1-2,9-12H2,3-6H3/b8-7-. The number of likely N-dealkylation sites (N-methyl/N-ethyl adjacent to an activating group) is 2. The lowest BCUT2D eigenvalue weighted by molar-refractivity contribution is 0.115. The van der Waals surface area contributed by atoms with E-state index in [1.165, 1.54) is 0 Å². The number of rotatable bonds is 10. The molecule has 0 radical (unpaired) electrons. The van der Waals surface area contributed by atoms with Gasteiger partial charge in [-0.1, -0.05) is 13.2 Å². The highest BCUT2D eigenvalue weighted by Crippen LogP contribution is 2.03. The second-order valence-corrected chi connectivity index (χ2v) is 4.36. The van der Waals surface area contributed by atoms with Gasteiger partial charge >= 0.3 is 0 Å². The minimum absolute atomic E-state index is 0.516. The minimum atomic E-state index is 0.516. The Morgan fingerprint density at radius 1 is 1.06 bits per heavy atom. The molecule has 0 aromatic rings. The number of hydrogen-bond acceptors (Lipinski definition) is 4. The van der Waals surface area contributed by atoms with Crippen LogP contribution in [0.4, 0.5) is 0 Å². The first-order valence-corrected chi connectivity index (χ1v) is 6.01. The van der Waals surface area contributed by atoms with Crippen molar-refractivity contribution in [1.29, 1.82) is 0 Å². The molecule has 0 amide bonds. The number of hydrogen-bond donors (Lipinski definition) is 0. The van der Waals surface area contributed by atoms with Gasteiger partial charge in [0, 0.05) is 32.9 Å². The van der Waals surface area contributed by atoms with Crippen molar-refractivity contribution in [2.24, 2.45) is 0 Å². The monoisotopic (exact) mass is 254 g/mol. The molecule has 0 aliphatic heterocycles. The fraction of sp³-hybridized carbons (Fsp3) is 0.571. The largest absolute Gasteiger partial charge is 0.492 e. The number of nitrogens with zero attached hydrogens (tertiary/aromatic N) is 2. The van der Waals surface area contributed by atoms with E-state index in [0.29, 0.717) is 19.0 Å². The van der Waals surface area contributed by atoms with E-state index in [9.17, 15) is 0 Å². The molecule has 0 saturated carbocycles. The van der Waals surface area contributed by atoms with Crippen LogP contribution >= 0.6 is 0 Å². The van der Waals surface area contributed by atoms with Crippen LogP contribution in [-0.2, 0) is 9.47 Å². The molecule has 0 bridgehead atoms. The number of ether oxygens (including phenoxy) is 2. The summed E-state index contributed by atoms with van der Waals surface area (Å²) in [6, 6.07) is 0. The molecule has 0 aliphatic carbocycles. The van der Waals surface area contributed by atoms with E-state index in [1.807, 2.05) is 19.2 Å². The van der Waals surface area contributed by atoms with Gasteiger partial charge in [0.15, 0.2) is 0 Å². The summed E-state index contributed by atoms with van der Waals surface area (Å²) in [4.78, 5) is 4.24. The summed E-state index contributed by atoms with van der Waals surface area (Å²) in [6.07, 6.45) is 3.73. The molecule has 0 saturated heterocycles. The quantitative estimate of drug-likeness (QED) is 0.337. The van der Waals surface area contributed by atoms with Crippen LogP contribution in [-0.4, -0.2) is 64.4 Å². The first-order valence-electron chi connectivity index (χ1n) is 6.01. The van der Waals surface area contributed by atoms with E-state index in [1.54, 1.807) is 7.11 Å². The van der Waals surface area contributed by atoms with Gasteiger partial charge in [-0.2, -0.15) is 0 Å². The zero-order chi connectivity index (χ0) is 14.0. The molecule has 4 nitrogen and oxygen atoms in total. The third-order valence-electron chi connectivity index (χ3n) is 2.41.